The molecule has 0 aliphatic rings. The fraction of sp³-hybridized carbons (Fsp3) is 0.640. The van der Waals surface area contributed by atoms with E-state index < -0.39 is 6.10 Å². The van der Waals surface area contributed by atoms with Crippen LogP contribution in [0.2, 0.25) is 0 Å². The van der Waals surface area contributed by atoms with Gasteiger partial charge < -0.3 is 14.2 Å². The molecule has 6 heteroatoms. The minimum absolute atomic E-state index is 0.107. The zero-order chi connectivity index (χ0) is 58.5. The summed E-state index contributed by atoms with van der Waals surface area (Å²) in [4.78, 5) is 38.4. The van der Waals surface area contributed by atoms with Gasteiger partial charge in [0.05, 0.1) is 0 Å². The maximum Gasteiger partial charge on any atom is 0.306 e. The van der Waals surface area contributed by atoms with Gasteiger partial charge in [-0.05, 0) is 135 Å². The van der Waals surface area contributed by atoms with E-state index >= 15 is 0 Å². The summed E-state index contributed by atoms with van der Waals surface area (Å²) >= 11 is 0. The molecule has 458 valence electrons. The lowest BCUT2D eigenvalue weighted by molar-refractivity contribution is -0.167. The number of rotatable bonds is 59. The van der Waals surface area contributed by atoms with Crippen LogP contribution in [0.4, 0.5) is 0 Å². The molecule has 0 aromatic carbocycles. The highest BCUT2D eigenvalue weighted by Crippen LogP contribution is 2.16. The normalized spacial score (nSPS) is 13.1. The van der Waals surface area contributed by atoms with E-state index in [1.165, 1.54) is 122 Å². The maximum atomic E-state index is 12.9. The lowest BCUT2D eigenvalue weighted by Gasteiger charge is -2.18. The number of unbranched alkanes of at least 4 members (excludes halogenated alkanes) is 24. The summed E-state index contributed by atoms with van der Waals surface area (Å²) in [5.41, 5.74) is 0. The molecular formula is C75H122O6. The van der Waals surface area contributed by atoms with E-state index in [9.17, 15) is 14.4 Å². The monoisotopic (exact) mass is 1120 g/mol. The Morgan fingerprint density at radius 3 is 0.790 bits per heavy atom. The predicted molar refractivity (Wildman–Crippen MR) is 352 cm³/mol. The van der Waals surface area contributed by atoms with Crippen molar-refractivity contribution in [1.29, 1.82) is 0 Å². The lowest BCUT2D eigenvalue weighted by atomic mass is 10.0. The van der Waals surface area contributed by atoms with Gasteiger partial charge in [0.15, 0.2) is 6.10 Å². The molecule has 81 heavy (non-hydrogen) atoms. The van der Waals surface area contributed by atoms with Gasteiger partial charge >= 0.3 is 17.9 Å². The third-order valence-electron chi connectivity index (χ3n) is 13.8. The van der Waals surface area contributed by atoms with Crippen LogP contribution in [0.25, 0.3) is 0 Å². The van der Waals surface area contributed by atoms with Gasteiger partial charge in [-0.3, -0.25) is 14.4 Å². The molecule has 1 atom stereocenters. The standard InChI is InChI=1S/C75H122O6/c1-4-7-10-13-16-19-22-25-28-31-32-33-34-35-36-37-38-39-40-41-42-45-47-50-53-56-59-62-65-68-74(77)80-71-72(81-75(78)69-66-63-60-57-54-51-48-44-30-27-24-21-18-15-12-9-6-3)70-79-73(76)67-64-61-58-55-52-49-46-43-29-26-23-20-17-14-11-8-5-2/h7,9-10,12,16-21,25-30,32-33,35-36,48,51,57,60,72H,4-6,8,11,13-15,22-24,31,34,37-47,49-50,52-56,58-59,61-71H2,1-3H3/b10-7-,12-9-,19-16-,20-17-,21-18-,28-25-,29-26-,30-27-,33-32-,36-35-,51-48-,60-57-. The predicted octanol–water partition coefficient (Wildman–Crippen LogP) is 23.1. The molecule has 0 aromatic rings. The van der Waals surface area contributed by atoms with E-state index in [0.717, 1.165) is 122 Å². The van der Waals surface area contributed by atoms with Crippen LogP contribution in [0.1, 0.15) is 290 Å². The van der Waals surface area contributed by atoms with Crippen molar-refractivity contribution in [2.75, 3.05) is 13.2 Å². The molecule has 0 radical (unpaired) electrons. The van der Waals surface area contributed by atoms with Crippen LogP contribution in [-0.2, 0) is 28.6 Å². The third-order valence-corrected chi connectivity index (χ3v) is 13.8. The molecule has 0 amide bonds. The first-order valence-corrected chi connectivity index (χ1v) is 33.3. The van der Waals surface area contributed by atoms with Crippen molar-refractivity contribution in [2.45, 2.75) is 297 Å². The van der Waals surface area contributed by atoms with Crippen LogP contribution in [-0.4, -0.2) is 37.2 Å². The topological polar surface area (TPSA) is 78.9 Å². The SMILES string of the molecule is CC/C=C\C/C=C\C/C=C\C/C=C\C/C=C\CCCCCCCCCCCCCCCC(=O)OCC(COC(=O)CCCCCCCCC/C=C\C/C=C\CCCCC)OC(=O)CCC/C=C\C/C=C\C/C=C\C/C=C\C/C=C\CC. The number of allylic oxidation sites excluding steroid dienone is 24. The van der Waals surface area contributed by atoms with Crippen molar-refractivity contribution >= 4 is 17.9 Å². The van der Waals surface area contributed by atoms with E-state index in [2.05, 4.69) is 167 Å². The number of hydrogen-bond acceptors (Lipinski definition) is 6. The number of carbonyl (C=O) groups excluding carboxylic acids is 3. The van der Waals surface area contributed by atoms with Crippen molar-refractivity contribution in [3.63, 3.8) is 0 Å². The second kappa shape index (κ2) is 67.8. The Bertz CT molecular complexity index is 1760. The van der Waals surface area contributed by atoms with Gasteiger partial charge in [0, 0.05) is 19.3 Å². The van der Waals surface area contributed by atoms with E-state index in [4.69, 9.17) is 14.2 Å². The molecular weight excluding hydrogens is 997 g/mol. The molecule has 0 heterocycles. The van der Waals surface area contributed by atoms with Gasteiger partial charge in [0.2, 0.25) is 0 Å². The molecule has 1 unspecified atom stereocenters. The highest BCUT2D eigenvalue weighted by molar-refractivity contribution is 5.71. The molecule has 0 spiro atoms. The second-order valence-corrected chi connectivity index (χ2v) is 21.6. The fourth-order valence-corrected chi connectivity index (χ4v) is 8.89. The molecule has 6 nitrogen and oxygen atoms in total. The summed E-state index contributed by atoms with van der Waals surface area (Å²) in [6, 6.07) is 0. The molecule has 0 rings (SSSR count). The zero-order valence-corrected chi connectivity index (χ0v) is 52.5. The number of hydrogen-bond donors (Lipinski definition) is 0. The Balaban J connectivity index is 4.38. The summed E-state index contributed by atoms with van der Waals surface area (Å²) in [5.74, 6) is -0.973. The Hall–Kier alpha value is -4.71. The summed E-state index contributed by atoms with van der Waals surface area (Å²) < 4.78 is 16.9. The number of ether oxygens (including phenoxy) is 3. The summed E-state index contributed by atoms with van der Waals surface area (Å²) in [6.07, 6.45) is 97.2. The van der Waals surface area contributed by atoms with Gasteiger partial charge in [0.25, 0.3) is 0 Å². The van der Waals surface area contributed by atoms with Crippen LogP contribution >= 0.6 is 0 Å². The Labute approximate surface area is 499 Å². The quantitative estimate of drug-likeness (QED) is 0.0261. The van der Waals surface area contributed by atoms with E-state index in [1.807, 2.05) is 0 Å². The summed E-state index contributed by atoms with van der Waals surface area (Å²) in [7, 11) is 0. The highest BCUT2D eigenvalue weighted by Gasteiger charge is 2.19. The highest BCUT2D eigenvalue weighted by atomic mass is 16.6. The molecule has 0 saturated carbocycles. The van der Waals surface area contributed by atoms with Crippen molar-refractivity contribution in [1.82, 2.24) is 0 Å². The molecule has 0 aliphatic carbocycles. The van der Waals surface area contributed by atoms with E-state index in [0.29, 0.717) is 19.3 Å². The van der Waals surface area contributed by atoms with Crippen molar-refractivity contribution in [2.24, 2.45) is 0 Å². The van der Waals surface area contributed by atoms with Crippen LogP contribution in [0, 0.1) is 0 Å². The lowest BCUT2D eigenvalue weighted by Crippen LogP contribution is -2.30. The Morgan fingerprint density at radius 2 is 0.494 bits per heavy atom. The van der Waals surface area contributed by atoms with Crippen LogP contribution in [0.15, 0.2) is 146 Å². The minimum Gasteiger partial charge on any atom is -0.462 e. The molecule has 0 bridgehead atoms. The average molecular weight is 1120 g/mol. The molecule has 0 fully saturated rings. The zero-order valence-electron chi connectivity index (χ0n) is 52.5. The first-order chi connectivity index (χ1) is 40.0. The number of carbonyl (C=O) groups is 3. The molecule has 0 saturated heterocycles. The van der Waals surface area contributed by atoms with Crippen LogP contribution < -0.4 is 0 Å². The van der Waals surface area contributed by atoms with E-state index in [-0.39, 0.29) is 37.5 Å². The first kappa shape index (κ1) is 76.3. The first-order valence-electron chi connectivity index (χ1n) is 33.3. The maximum absolute atomic E-state index is 12.9. The Morgan fingerprint density at radius 1 is 0.259 bits per heavy atom. The fourth-order valence-electron chi connectivity index (χ4n) is 8.89. The largest absolute Gasteiger partial charge is 0.462 e. The van der Waals surface area contributed by atoms with Gasteiger partial charge in [-0.2, -0.15) is 0 Å². The van der Waals surface area contributed by atoms with E-state index in [1.54, 1.807) is 0 Å². The van der Waals surface area contributed by atoms with Gasteiger partial charge in [-0.15, -0.1) is 0 Å². The molecule has 0 aromatic heterocycles. The smallest absolute Gasteiger partial charge is 0.306 e. The van der Waals surface area contributed by atoms with Gasteiger partial charge in [-0.25, -0.2) is 0 Å². The minimum atomic E-state index is -0.818. The second-order valence-electron chi connectivity index (χ2n) is 21.6. The van der Waals surface area contributed by atoms with Gasteiger partial charge in [0.1, 0.15) is 13.2 Å². The molecule has 0 N–H and O–H groups in total. The van der Waals surface area contributed by atoms with Crippen molar-refractivity contribution < 1.29 is 28.6 Å². The number of esters is 3. The van der Waals surface area contributed by atoms with Crippen LogP contribution in [0.5, 0.6) is 0 Å². The molecule has 0 aliphatic heterocycles. The third kappa shape index (κ3) is 66.0. The van der Waals surface area contributed by atoms with Crippen molar-refractivity contribution in [3.8, 4) is 0 Å². The van der Waals surface area contributed by atoms with Crippen LogP contribution in [0.3, 0.4) is 0 Å². The summed E-state index contributed by atoms with van der Waals surface area (Å²) in [5, 5.41) is 0. The summed E-state index contributed by atoms with van der Waals surface area (Å²) in [6.45, 7) is 6.34. The Kier molecular flexibility index (Phi) is 63.9. The van der Waals surface area contributed by atoms with Crippen molar-refractivity contribution in [3.05, 3.63) is 146 Å². The average Bonchev–Trinajstić information content (AvgIpc) is 3.47. The van der Waals surface area contributed by atoms with Gasteiger partial charge in [-0.1, -0.05) is 282 Å².